The Morgan fingerprint density at radius 2 is 1.63 bits per heavy atom. The molecule has 0 saturated heterocycles. The highest BCUT2D eigenvalue weighted by atomic mass is 16.5. The van der Waals surface area contributed by atoms with Gasteiger partial charge in [-0.05, 0) is 26.0 Å². The quantitative estimate of drug-likeness (QED) is 0.477. The number of nitrogens with zero attached hydrogens (tertiary/aromatic N) is 2. The fourth-order valence-electron chi connectivity index (χ4n) is 2.39. The van der Waals surface area contributed by atoms with E-state index in [0.717, 1.165) is 16.6 Å². The minimum atomic E-state index is 0.414. The average molecular weight is 373 g/mol. The molecule has 0 amide bonds. The lowest BCUT2D eigenvalue weighted by Gasteiger charge is -2.15. The van der Waals surface area contributed by atoms with Crippen LogP contribution >= 0.6 is 0 Å². The molecule has 7 nitrogen and oxygen atoms in total. The van der Waals surface area contributed by atoms with E-state index >= 15 is 0 Å². The molecule has 0 radical (unpaired) electrons. The van der Waals surface area contributed by atoms with E-state index in [4.69, 9.17) is 18.9 Å². The molecule has 1 aromatic heterocycles. The zero-order chi connectivity index (χ0) is 19.5. The molecule has 2 rings (SSSR count). The first-order chi connectivity index (χ1) is 13.2. The van der Waals surface area contributed by atoms with Gasteiger partial charge in [0.15, 0.2) is 11.5 Å². The minimum Gasteiger partial charge on any atom is -0.487 e. The van der Waals surface area contributed by atoms with Gasteiger partial charge in [-0.15, -0.1) is 0 Å². The monoisotopic (exact) mass is 373 g/mol. The number of allylic oxidation sites excluding steroid dienone is 3. The van der Waals surface area contributed by atoms with Crippen LogP contribution in [-0.2, 0) is 9.47 Å². The largest absolute Gasteiger partial charge is 0.487 e. The first kappa shape index (κ1) is 20.7. The minimum absolute atomic E-state index is 0.414. The molecule has 27 heavy (non-hydrogen) atoms. The van der Waals surface area contributed by atoms with Crippen LogP contribution < -0.4 is 14.8 Å². The molecule has 1 heterocycles. The Labute approximate surface area is 160 Å². The van der Waals surface area contributed by atoms with Crippen LogP contribution in [0.15, 0.2) is 42.4 Å². The molecule has 7 heteroatoms. The topological polar surface area (TPSA) is 74.7 Å². The summed E-state index contributed by atoms with van der Waals surface area (Å²) in [6, 6.07) is 3.74. The summed E-state index contributed by atoms with van der Waals surface area (Å²) in [5.41, 5.74) is 1.70. The Bertz CT molecular complexity index is 790. The lowest BCUT2D eigenvalue weighted by molar-refractivity contribution is 0.132. The van der Waals surface area contributed by atoms with Gasteiger partial charge < -0.3 is 24.3 Å². The van der Waals surface area contributed by atoms with Crippen molar-refractivity contribution in [3.05, 3.63) is 42.4 Å². The second kappa shape index (κ2) is 11.2. The molecule has 0 bridgehead atoms. The van der Waals surface area contributed by atoms with Crippen molar-refractivity contribution in [3.63, 3.8) is 0 Å². The van der Waals surface area contributed by atoms with Gasteiger partial charge in [0, 0.05) is 31.4 Å². The number of benzene rings is 1. The van der Waals surface area contributed by atoms with E-state index in [0.29, 0.717) is 43.7 Å². The zero-order valence-corrected chi connectivity index (χ0v) is 16.3. The highest BCUT2D eigenvalue weighted by molar-refractivity contribution is 5.92. The molecule has 2 aromatic rings. The summed E-state index contributed by atoms with van der Waals surface area (Å²) >= 11 is 0. The summed E-state index contributed by atoms with van der Waals surface area (Å²) in [6.45, 7) is 5.73. The van der Waals surface area contributed by atoms with Gasteiger partial charge in [-0.1, -0.05) is 12.2 Å². The molecule has 1 N–H and O–H groups in total. The standard InChI is InChI=1S/C20H27N3O4/c1-5-7-15(6-2)23-20-16-12-18(26-10-8-24-3)19(27-11-9-25-4)13-17(16)21-14-22-20/h5-7,12-14H,8-11H2,1-4H3,(H,21,22,23)/b7-5-,15-6+. The van der Waals surface area contributed by atoms with Gasteiger partial charge in [0.05, 0.1) is 18.7 Å². The average Bonchev–Trinajstić information content (AvgIpc) is 2.68. The SMILES string of the molecule is C/C=C\C(=C/C)Nc1ncnc2cc(OCCOC)c(OCCOC)cc12. The molecule has 0 fully saturated rings. The van der Waals surface area contributed by atoms with E-state index < -0.39 is 0 Å². The first-order valence-electron chi connectivity index (χ1n) is 8.81. The predicted molar refractivity (Wildman–Crippen MR) is 106 cm³/mol. The van der Waals surface area contributed by atoms with E-state index in [1.54, 1.807) is 14.2 Å². The molecule has 0 atom stereocenters. The Hall–Kier alpha value is -2.64. The predicted octanol–water partition coefficient (Wildman–Crippen LogP) is 3.57. The number of hydrogen-bond donors (Lipinski definition) is 1. The summed E-state index contributed by atoms with van der Waals surface area (Å²) in [4.78, 5) is 8.75. The van der Waals surface area contributed by atoms with Gasteiger partial charge in [0.2, 0.25) is 0 Å². The Morgan fingerprint density at radius 3 is 2.22 bits per heavy atom. The van der Waals surface area contributed by atoms with Crippen molar-refractivity contribution in [3.8, 4) is 11.5 Å². The van der Waals surface area contributed by atoms with Crippen molar-refractivity contribution >= 4 is 16.7 Å². The van der Waals surface area contributed by atoms with Crippen LogP contribution in [0.5, 0.6) is 11.5 Å². The van der Waals surface area contributed by atoms with Gasteiger partial charge in [-0.25, -0.2) is 9.97 Å². The number of fused-ring (bicyclic) bond motifs is 1. The molecular weight excluding hydrogens is 346 g/mol. The molecule has 0 spiro atoms. The molecule has 1 aromatic carbocycles. The zero-order valence-electron chi connectivity index (χ0n) is 16.3. The highest BCUT2D eigenvalue weighted by Crippen LogP contribution is 2.34. The number of hydrogen-bond acceptors (Lipinski definition) is 7. The van der Waals surface area contributed by atoms with Crippen LogP contribution in [0.3, 0.4) is 0 Å². The normalized spacial score (nSPS) is 11.9. The van der Waals surface area contributed by atoms with Crippen molar-refractivity contribution in [2.45, 2.75) is 13.8 Å². The number of methoxy groups -OCH3 is 2. The molecule has 0 unspecified atom stereocenters. The van der Waals surface area contributed by atoms with Crippen molar-refractivity contribution in [2.24, 2.45) is 0 Å². The van der Waals surface area contributed by atoms with E-state index in [-0.39, 0.29) is 0 Å². The number of aromatic nitrogens is 2. The van der Waals surface area contributed by atoms with Crippen LogP contribution in [0.4, 0.5) is 5.82 Å². The number of ether oxygens (including phenoxy) is 4. The molecule has 146 valence electrons. The van der Waals surface area contributed by atoms with E-state index in [2.05, 4.69) is 15.3 Å². The number of rotatable bonds is 11. The first-order valence-corrected chi connectivity index (χ1v) is 8.81. The van der Waals surface area contributed by atoms with Crippen LogP contribution in [0.1, 0.15) is 13.8 Å². The summed E-state index contributed by atoms with van der Waals surface area (Å²) in [5.74, 6) is 1.92. The molecule has 0 saturated carbocycles. The number of nitrogens with one attached hydrogen (secondary N) is 1. The fraction of sp³-hybridized carbons (Fsp3) is 0.400. The van der Waals surface area contributed by atoms with Crippen LogP contribution in [0.25, 0.3) is 10.9 Å². The third-order valence-electron chi connectivity index (χ3n) is 3.71. The van der Waals surface area contributed by atoms with Crippen molar-refractivity contribution in [1.29, 1.82) is 0 Å². The van der Waals surface area contributed by atoms with E-state index in [1.807, 2.05) is 44.2 Å². The fourth-order valence-corrected chi connectivity index (χ4v) is 2.39. The lowest BCUT2D eigenvalue weighted by atomic mass is 10.2. The third-order valence-corrected chi connectivity index (χ3v) is 3.71. The van der Waals surface area contributed by atoms with Crippen molar-refractivity contribution in [2.75, 3.05) is 46.0 Å². The van der Waals surface area contributed by atoms with Crippen LogP contribution in [0, 0.1) is 0 Å². The van der Waals surface area contributed by atoms with Crippen molar-refractivity contribution in [1.82, 2.24) is 9.97 Å². The Balaban J connectivity index is 2.40. The molecule has 0 aliphatic rings. The lowest BCUT2D eigenvalue weighted by Crippen LogP contribution is -2.09. The second-order valence-corrected chi connectivity index (χ2v) is 5.59. The number of anilines is 1. The van der Waals surface area contributed by atoms with Crippen LogP contribution in [-0.4, -0.2) is 50.6 Å². The third kappa shape index (κ3) is 5.94. The smallest absolute Gasteiger partial charge is 0.163 e. The van der Waals surface area contributed by atoms with Gasteiger partial charge in [-0.3, -0.25) is 0 Å². The summed E-state index contributed by atoms with van der Waals surface area (Å²) < 4.78 is 21.8. The van der Waals surface area contributed by atoms with Gasteiger partial charge in [0.25, 0.3) is 0 Å². The maximum absolute atomic E-state index is 5.85. The molecular formula is C20H27N3O4. The van der Waals surface area contributed by atoms with Crippen molar-refractivity contribution < 1.29 is 18.9 Å². The Morgan fingerprint density at radius 1 is 0.963 bits per heavy atom. The van der Waals surface area contributed by atoms with E-state index in [9.17, 15) is 0 Å². The Kier molecular flexibility index (Phi) is 8.54. The highest BCUT2D eigenvalue weighted by Gasteiger charge is 2.13. The maximum Gasteiger partial charge on any atom is 0.163 e. The summed E-state index contributed by atoms with van der Waals surface area (Å²) in [5, 5.41) is 4.16. The second-order valence-electron chi connectivity index (χ2n) is 5.59. The van der Waals surface area contributed by atoms with Gasteiger partial charge >= 0.3 is 0 Å². The maximum atomic E-state index is 5.85. The summed E-state index contributed by atoms with van der Waals surface area (Å²) in [7, 11) is 3.27. The molecule has 0 aliphatic heterocycles. The molecule has 0 aliphatic carbocycles. The van der Waals surface area contributed by atoms with Gasteiger partial charge in [-0.2, -0.15) is 0 Å². The van der Waals surface area contributed by atoms with Gasteiger partial charge in [0.1, 0.15) is 25.4 Å². The summed E-state index contributed by atoms with van der Waals surface area (Å²) in [6.07, 6.45) is 7.45. The van der Waals surface area contributed by atoms with E-state index in [1.165, 1.54) is 6.33 Å². The van der Waals surface area contributed by atoms with Crippen LogP contribution in [0.2, 0.25) is 0 Å².